The second kappa shape index (κ2) is 10.5. The highest BCUT2D eigenvalue weighted by Gasteiger charge is 2.22. The zero-order valence-corrected chi connectivity index (χ0v) is 19.4. The lowest BCUT2D eigenvalue weighted by Gasteiger charge is -2.31. The Morgan fingerprint density at radius 2 is 1.33 bits per heavy atom. The maximum atomic E-state index is 13.1. The van der Waals surface area contributed by atoms with Crippen LogP contribution in [-0.4, -0.2) is 29.6 Å². The van der Waals surface area contributed by atoms with E-state index in [1.807, 2.05) is 0 Å². The first-order valence-electron chi connectivity index (χ1n) is 11.4. The topological polar surface area (TPSA) is 23.5 Å². The van der Waals surface area contributed by atoms with Gasteiger partial charge < -0.3 is 10.0 Å². The molecule has 0 spiro atoms. The molecule has 0 amide bonds. The third-order valence-electron chi connectivity index (χ3n) is 6.69. The molecule has 1 saturated heterocycles. The number of likely N-dealkylation sites (tertiary alicyclic amines) is 1. The van der Waals surface area contributed by atoms with Crippen molar-refractivity contribution in [1.82, 2.24) is 4.90 Å². The Bertz CT molecular complexity index is 1110. The fraction of sp³-hybridized carbons (Fsp3) is 0.241. The Morgan fingerprint density at radius 1 is 0.788 bits per heavy atom. The number of benzene rings is 3. The molecule has 0 aromatic heterocycles. The summed E-state index contributed by atoms with van der Waals surface area (Å²) in [4.78, 5) is 2.43. The molecule has 5 rings (SSSR count). The van der Waals surface area contributed by atoms with Crippen molar-refractivity contribution in [3.8, 4) is 0 Å². The highest BCUT2D eigenvalue weighted by Crippen LogP contribution is 2.38. The lowest BCUT2D eigenvalue weighted by molar-refractivity contribution is 0.139. The normalized spacial score (nSPS) is 16.4. The lowest BCUT2D eigenvalue weighted by Crippen LogP contribution is -2.32. The van der Waals surface area contributed by atoms with E-state index in [2.05, 4.69) is 65.6 Å². The molecule has 1 N–H and O–H groups in total. The van der Waals surface area contributed by atoms with Crippen molar-refractivity contribution in [3.05, 3.63) is 112 Å². The Morgan fingerprint density at radius 3 is 1.91 bits per heavy atom. The number of piperidine rings is 1. The number of aliphatic hydroxyl groups excluding tert-OH is 1. The first kappa shape index (κ1) is 23.4. The van der Waals surface area contributed by atoms with Crippen LogP contribution in [0.15, 0.2) is 78.4 Å². The summed E-state index contributed by atoms with van der Waals surface area (Å²) in [6, 6.07) is 23.5. The van der Waals surface area contributed by atoms with Crippen molar-refractivity contribution in [2.75, 3.05) is 19.6 Å². The number of hydrogen-bond donors (Lipinski definition) is 1. The third-order valence-corrected chi connectivity index (χ3v) is 6.69. The van der Waals surface area contributed by atoms with Gasteiger partial charge in [-0.25, -0.2) is 4.39 Å². The van der Waals surface area contributed by atoms with E-state index in [1.54, 1.807) is 12.1 Å². The van der Waals surface area contributed by atoms with Gasteiger partial charge in [0.05, 0.1) is 6.10 Å². The molecule has 1 heterocycles. The van der Waals surface area contributed by atoms with E-state index in [4.69, 9.17) is 0 Å². The van der Waals surface area contributed by atoms with E-state index in [0.29, 0.717) is 6.42 Å². The third kappa shape index (κ3) is 5.11. The number of fused-ring (bicyclic) bond motifs is 2. The Labute approximate surface area is 201 Å². The predicted molar refractivity (Wildman–Crippen MR) is 137 cm³/mol. The summed E-state index contributed by atoms with van der Waals surface area (Å²) in [5.74, 6) is -0.269. The molecule has 33 heavy (non-hydrogen) atoms. The molecule has 1 fully saturated rings. The summed E-state index contributed by atoms with van der Waals surface area (Å²) in [5.41, 5.74) is 8.89. The minimum absolute atomic E-state index is 0. The maximum Gasteiger partial charge on any atom is 0.123 e. The molecule has 1 aliphatic carbocycles. The summed E-state index contributed by atoms with van der Waals surface area (Å²) in [6.45, 7) is 2.83. The Hall–Kier alpha value is -2.72. The van der Waals surface area contributed by atoms with Gasteiger partial charge in [0.1, 0.15) is 5.82 Å². The summed E-state index contributed by atoms with van der Waals surface area (Å²) >= 11 is 0. The van der Waals surface area contributed by atoms with Crippen LogP contribution in [0.4, 0.5) is 4.39 Å². The van der Waals surface area contributed by atoms with Crippen LogP contribution in [0.2, 0.25) is 0 Å². The summed E-state index contributed by atoms with van der Waals surface area (Å²) in [6.07, 6.45) is 6.63. The number of halogens is 2. The summed E-state index contributed by atoms with van der Waals surface area (Å²) in [7, 11) is 0. The van der Waals surface area contributed by atoms with Gasteiger partial charge in [0.15, 0.2) is 0 Å². The Kier molecular flexibility index (Phi) is 7.44. The van der Waals surface area contributed by atoms with Gasteiger partial charge in [0, 0.05) is 19.6 Å². The molecular formula is C29H29ClFNO. The Balaban J connectivity index is 0.00000259. The van der Waals surface area contributed by atoms with Gasteiger partial charge >= 0.3 is 0 Å². The van der Waals surface area contributed by atoms with Gasteiger partial charge in [-0.15, -0.1) is 12.4 Å². The van der Waals surface area contributed by atoms with Crippen molar-refractivity contribution in [2.45, 2.75) is 25.4 Å². The number of aliphatic hydroxyl groups is 1. The number of hydrogen-bond acceptors (Lipinski definition) is 2. The second-order valence-corrected chi connectivity index (χ2v) is 8.68. The average Bonchev–Trinajstić information content (AvgIpc) is 3.00. The zero-order chi connectivity index (χ0) is 21.9. The molecule has 2 aliphatic rings. The monoisotopic (exact) mass is 461 g/mol. The highest BCUT2D eigenvalue weighted by atomic mass is 35.5. The van der Waals surface area contributed by atoms with E-state index in [-0.39, 0.29) is 18.2 Å². The molecule has 0 saturated carbocycles. The standard InChI is InChI=1S/C29H28FNO.ClH/c30-25-13-11-23(12-14-25)28(32)17-20-31-18-15-24(16-19-31)29-26-7-3-1-5-21(26)9-10-22-6-2-4-8-27(22)29;/h1-14,28,32H,15-20H2;1H. The minimum Gasteiger partial charge on any atom is -0.388 e. The van der Waals surface area contributed by atoms with E-state index in [1.165, 1.54) is 45.5 Å². The van der Waals surface area contributed by atoms with Crippen LogP contribution in [-0.2, 0) is 0 Å². The smallest absolute Gasteiger partial charge is 0.123 e. The first-order chi connectivity index (χ1) is 15.7. The van der Waals surface area contributed by atoms with Crippen LogP contribution in [0.1, 0.15) is 53.2 Å². The van der Waals surface area contributed by atoms with Crippen LogP contribution in [0.3, 0.4) is 0 Å². The van der Waals surface area contributed by atoms with Gasteiger partial charge in [-0.1, -0.05) is 78.4 Å². The van der Waals surface area contributed by atoms with Gasteiger partial charge in [-0.3, -0.25) is 0 Å². The lowest BCUT2D eigenvalue weighted by atomic mass is 9.86. The van der Waals surface area contributed by atoms with Crippen molar-refractivity contribution in [3.63, 3.8) is 0 Å². The molecule has 0 bridgehead atoms. The maximum absolute atomic E-state index is 13.1. The summed E-state index contributed by atoms with van der Waals surface area (Å²) in [5, 5.41) is 10.5. The highest BCUT2D eigenvalue weighted by molar-refractivity contribution is 5.94. The molecule has 3 aromatic carbocycles. The van der Waals surface area contributed by atoms with E-state index in [9.17, 15) is 9.50 Å². The van der Waals surface area contributed by atoms with Crippen molar-refractivity contribution < 1.29 is 9.50 Å². The average molecular weight is 462 g/mol. The van der Waals surface area contributed by atoms with Crippen molar-refractivity contribution in [2.24, 2.45) is 0 Å². The molecule has 2 nitrogen and oxygen atoms in total. The quantitative estimate of drug-likeness (QED) is 0.363. The van der Waals surface area contributed by atoms with Gasteiger partial charge in [-0.2, -0.15) is 0 Å². The molecule has 0 radical (unpaired) electrons. The van der Waals surface area contributed by atoms with Crippen LogP contribution < -0.4 is 0 Å². The largest absolute Gasteiger partial charge is 0.388 e. The number of nitrogens with zero attached hydrogens (tertiary/aromatic N) is 1. The summed E-state index contributed by atoms with van der Waals surface area (Å²) < 4.78 is 13.1. The molecule has 1 unspecified atom stereocenters. The van der Waals surface area contributed by atoms with Crippen molar-refractivity contribution in [1.29, 1.82) is 0 Å². The minimum atomic E-state index is -0.554. The van der Waals surface area contributed by atoms with Crippen LogP contribution in [0.25, 0.3) is 17.7 Å². The van der Waals surface area contributed by atoms with Crippen molar-refractivity contribution >= 4 is 30.1 Å². The first-order valence-corrected chi connectivity index (χ1v) is 11.4. The van der Waals surface area contributed by atoms with E-state index < -0.39 is 6.10 Å². The van der Waals surface area contributed by atoms with Crippen LogP contribution >= 0.6 is 12.4 Å². The fourth-order valence-corrected chi connectivity index (χ4v) is 4.90. The van der Waals surface area contributed by atoms with E-state index in [0.717, 1.165) is 38.0 Å². The number of rotatable bonds is 4. The predicted octanol–water partition coefficient (Wildman–Crippen LogP) is 6.75. The fourth-order valence-electron chi connectivity index (χ4n) is 4.90. The van der Waals surface area contributed by atoms with Gasteiger partial charge in [0.2, 0.25) is 0 Å². The molecule has 1 atom stereocenters. The van der Waals surface area contributed by atoms with Gasteiger partial charge in [-0.05, 0) is 64.8 Å². The molecular weight excluding hydrogens is 433 g/mol. The molecule has 170 valence electrons. The van der Waals surface area contributed by atoms with Crippen LogP contribution in [0.5, 0.6) is 0 Å². The van der Waals surface area contributed by atoms with E-state index >= 15 is 0 Å². The SMILES string of the molecule is Cl.OC(CCN1CCC(=C2c3ccccc3C=Cc3ccccc32)CC1)c1ccc(F)cc1. The van der Waals surface area contributed by atoms with Gasteiger partial charge in [0.25, 0.3) is 0 Å². The van der Waals surface area contributed by atoms with Crippen LogP contribution in [0, 0.1) is 5.82 Å². The zero-order valence-electron chi connectivity index (χ0n) is 18.6. The molecule has 1 aliphatic heterocycles. The second-order valence-electron chi connectivity index (χ2n) is 8.68. The molecule has 4 heteroatoms. The molecule has 3 aromatic rings.